The highest BCUT2D eigenvalue weighted by molar-refractivity contribution is 7.80. The first-order chi connectivity index (χ1) is 21.8. The summed E-state index contributed by atoms with van der Waals surface area (Å²) in [4.78, 5) is 50.6. The van der Waals surface area contributed by atoms with Gasteiger partial charge in [-0.15, -0.1) is 0 Å². The SMILES string of the molecule is O=C(CCCCCCS)OCC(COC(=O)CCCCCCS)(COC(=O)CCCCCCS)COC(=O)CCCCCCS. The second-order valence-corrected chi connectivity index (χ2v) is 13.5. The Labute approximate surface area is 294 Å². The molecule has 0 bridgehead atoms. The first-order valence-electron chi connectivity index (χ1n) is 16.9. The smallest absolute Gasteiger partial charge is 0.305 e. The van der Waals surface area contributed by atoms with E-state index in [4.69, 9.17) is 18.9 Å². The molecule has 0 spiro atoms. The highest BCUT2D eigenvalue weighted by Gasteiger charge is 2.38. The predicted molar refractivity (Wildman–Crippen MR) is 194 cm³/mol. The van der Waals surface area contributed by atoms with E-state index in [1.807, 2.05) is 0 Å². The lowest BCUT2D eigenvalue weighted by Gasteiger charge is -2.31. The van der Waals surface area contributed by atoms with Crippen LogP contribution >= 0.6 is 50.5 Å². The topological polar surface area (TPSA) is 105 Å². The van der Waals surface area contributed by atoms with Gasteiger partial charge in [-0.2, -0.15) is 50.5 Å². The summed E-state index contributed by atoms with van der Waals surface area (Å²) in [6.45, 7) is -0.825. The maximum Gasteiger partial charge on any atom is 0.305 e. The van der Waals surface area contributed by atoms with Gasteiger partial charge >= 0.3 is 23.9 Å². The molecule has 0 rings (SSSR count). The van der Waals surface area contributed by atoms with Crippen LogP contribution in [-0.4, -0.2) is 73.3 Å². The zero-order valence-electron chi connectivity index (χ0n) is 27.4. The molecule has 0 heterocycles. The van der Waals surface area contributed by atoms with Gasteiger partial charge in [0.15, 0.2) is 0 Å². The Bertz CT molecular complexity index is 643. The van der Waals surface area contributed by atoms with Crippen LogP contribution in [0.25, 0.3) is 0 Å². The third-order valence-electron chi connectivity index (χ3n) is 7.31. The van der Waals surface area contributed by atoms with Crippen molar-refractivity contribution in [1.82, 2.24) is 0 Å². The van der Waals surface area contributed by atoms with Crippen LogP contribution in [0, 0.1) is 5.41 Å². The van der Waals surface area contributed by atoms with E-state index in [-0.39, 0.29) is 52.1 Å². The Balaban J connectivity index is 5.47. The molecule has 264 valence electrons. The van der Waals surface area contributed by atoms with Crippen molar-refractivity contribution in [2.45, 2.75) is 128 Å². The molecule has 8 nitrogen and oxygen atoms in total. The highest BCUT2D eigenvalue weighted by Crippen LogP contribution is 2.23. The molecule has 12 heteroatoms. The molecule has 0 aromatic rings. The molecule has 0 atom stereocenters. The van der Waals surface area contributed by atoms with Gasteiger partial charge in [-0.25, -0.2) is 0 Å². The predicted octanol–water partition coefficient (Wildman–Crippen LogP) is 7.67. The molecule has 0 aromatic heterocycles. The van der Waals surface area contributed by atoms with E-state index in [1.54, 1.807) is 0 Å². The molecule has 0 saturated carbocycles. The second kappa shape index (κ2) is 31.9. The summed E-state index contributed by atoms with van der Waals surface area (Å²) >= 11 is 16.9. The molecule has 0 saturated heterocycles. The third kappa shape index (κ3) is 28.0. The van der Waals surface area contributed by atoms with Crippen LogP contribution in [0.3, 0.4) is 0 Å². The van der Waals surface area contributed by atoms with Gasteiger partial charge in [0.05, 0.1) is 0 Å². The van der Waals surface area contributed by atoms with Crippen molar-refractivity contribution in [2.24, 2.45) is 5.41 Å². The number of carbonyl (C=O) groups excluding carboxylic acids is 4. The number of rotatable bonds is 32. The number of carbonyl (C=O) groups is 4. The van der Waals surface area contributed by atoms with E-state index < -0.39 is 29.3 Å². The lowest BCUT2D eigenvalue weighted by atomic mass is 9.92. The molecule has 0 aromatic carbocycles. The molecule has 0 aliphatic rings. The van der Waals surface area contributed by atoms with E-state index in [1.165, 1.54) is 0 Å². The Kier molecular flexibility index (Phi) is 31.3. The first-order valence-corrected chi connectivity index (χ1v) is 19.4. The van der Waals surface area contributed by atoms with Gasteiger partial charge in [0, 0.05) is 25.7 Å². The van der Waals surface area contributed by atoms with Gasteiger partial charge in [0.1, 0.15) is 31.8 Å². The van der Waals surface area contributed by atoms with E-state index >= 15 is 0 Å². The second-order valence-electron chi connectivity index (χ2n) is 11.7. The minimum absolute atomic E-state index is 0.206. The van der Waals surface area contributed by atoms with Gasteiger partial charge in [-0.1, -0.05) is 51.4 Å². The summed E-state index contributed by atoms with van der Waals surface area (Å²) < 4.78 is 22.6. The summed E-state index contributed by atoms with van der Waals surface area (Å²) in [6, 6.07) is 0. The minimum Gasteiger partial charge on any atom is -0.465 e. The summed E-state index contributed by atoms with van der Waals surface area (Å²) in [6.07, 6.45) is 15.2. The van der Waals surface area contributed by atoms with Crippen molar-refractivity contribution < 1.29 is 38.1 Å². The lowest BCUT2D eigenvalue weighted by molar-refractivity contribution is -0.170. The average Bonchev–Trinajstić information content (AvgIpc) is 3.03. The summed E-state index contributed by atoms with van der Waals surface area (Å²) in [7, 11) is 0. The molecule has 0 radical (unpaired) electrons. The molecule has 0 fully saturated rings. The fraction of sp³-hybridized carbons (Fsp3) is 0.879. The fourth-order valence-electron chi connectivity index (χ4n) is 4.41. The largest absolute Gasteiger partial charge is 0.465 e. The van der Waals surface area contributed by atoms with Crippen molar-refractivity contribution in [3.63, 3.8) is 0 Å². The van der Waals surface area contributed by atoms with Crippen molar-refractivity contribution in [3.8, 4) is 0 Å². The lowest BCUT2D eigenvalue weighted by Crippen LogP contribution is -2.44. The quantitative estimate of drug-likeness (QED) is 0.0244. The van der Waals surface area contributed by atoms with Crippen LogP contribution in [0.5, 0.6) is 0 Å². The van der Waals surface area contributed by atoms with E-state index in [0.717, 1.165) is 100 Å². The van der Waals surface area contributed by atoms with Crippen molar-refractivity contribution in [3.05, 3.63) is 0 Å². The average molecular weight is 713 g/mol. The zero-order chi connectivity index (χ0) is 33.4. The molecular formula is C33H60O8S4. The molecule has 0 N–H and O–H groups in total. The first kappa shape index (κ1) is 44.3. The normalized spacial score (nSPS) is 11.3. The number of hydrogen-bond acceptors (Lipinski definition) is 12. The van der Waals surface area contributed by atoms with Crippen molar-refractivity contribution in [1.29, 1.82) is 0 Å². The zero-order valence-corrected chi connectivity index (χ0v) is 30.9. The molecule has 45 heavy (non-hydrogen) atoms. The van der Waals surface area contributed by atoms with Gasteiger partial charge in [0.25, 0.3) is 0 Å². The standard InChI is InChI=1S/C33H60O8S4/c34-29(17-9-1-5-13-21-42)38-25-33(26-39-30(35)18-10-2-6-14-22-43,27-40-31(36)19-11-3-7-15-23-44)28-41-32(37)20-12-4-8-16-24-45/h42-45H,1-28H2. The fourth-order valence-corrected chi connectivity index (χ4v) is 5.31. The van der Waals surface area contributed by atoms with Gasteiger partial charge in [-0.3, -0.25) is 19.2 Å². The van der Waals surface area contributed by atoms with Crippen molar-refractivity contribution in [2.75, 3.05) is 49.4 Å². The highest BCUT2D eigenvalue weighted by atomic mass is 32.1. The number of ether oxygens (including phenoxy) is 4. The Morgan fingerprint density at radius 2 is 0.533 bits per heavy atom. The summed E-state index contributed by atoms with van der Waals surface area (Å²) in [5, 5.41) is 0. The molecule has 0 aliphatic heterocycles. The number of thiol groups is 4. The van der Waals surface area contributed by atoms with E-state index in [9.17, 15) is 19.2 Å². The van der Waals surface area contributed by atoms with Crippen LogP contribution in [-0.2, 0) is 38.1 Å². The molecule has 0 amide bonds. The van der Waals surface area contributed by atoms with E-state index in [2.05, 4.69) is 50.5 Å². The summed E-state index contributed by atoms with van der Waals surface area (Å²) in [5.41, 5.74) is -1.22. The Morgan fingerprint density at radius 1 is 0.333 bits per heavy atom. The van der Waals surface area contributed by atoms with Crippen molar-refractivity contribution >= 4 is 74.4 Å². The summed E-state index contributed by atoms with van der Waals surface area (Å²) in [5.74, 6) is 1.65. The Hall–Kier alpha value is -0.720. The van der Waals surface area contributed by atoms with Crippen LogP contribution in [0.15, 0.2) is 0 Å². The van der Waals surface area contributed by atoms with Gasteiger partial charge < -0.3 is 18.9 Å². The van der Waals surface area contributed by atoms with Crippen LogP contribution < -0.4 is 0 Å². The minimum atomic E-state index is -1.22. The van der Waals surface area contributed by atoms with Gasteiger partial charge in [0.2, 0.25) is 0 Å². The maximum absolute atomic E-state index is 12.6. The number of esters is 4. The number of hydrogen-bond donors (Lipinski definition) is 4. The van der Waals surface area contributed by atoms with Crippen LogP contribution in [0.1, 0.15) is 128 Å². The third-order valence-corrected chi connectivity index (χ3v) is 8.58. The maximum atomic E-state index is 12.6. The van der Waals surface area contributed by atoms with Crippen LogP contribution in [0.2, 0.25) is 0 Å². The van der Waals surface area contributed by atoms with Gasteiger partial charge in [-0.05, 0) is 74.4 Å². The number of unbranched alkanes of at least 4 members (excludes halogenated alkanes) is 12. The molecule has 0 aliphatic carbocycles. The van der Waals surface area contributed by atoms with E-state index in [0.29, 0.717) is 25.7 Å². The Morgan fingerprint density at radius 3 is 0.733 bits per heavy atom. The molecular weight excluding hydrogens is 653 g/mol. The van der Waals surface area contributed by atoms with Crippen LogP contribution in [0.4, 0.5) is 0 Å². The monoisotopic (exact) mass is 712 g/mol. The molecule has 0 unspecified atom stereocenters.